The van der Waals surface area contributed by atoms with E-state index < -0.39 is 21.5 Å². The van der Waals surface area contributed by atoms with E-state index in [4.69, 9.17) is 19.6 Å². The van der Waals surface area contributed by atoms with Gasteiger partial charge in [-0.1, -0.05) is 18.2 Å². The van der Waals surface area contributed by atoms with Gasteiger partial charge in [0, 0.05) is 25.1 Å². The molecule has 0 fully saturated rings. The fourth-order valence-corrected chi connectivity index (χ4v) is 5.43. The molecule has 0 bridgehead atoms. The van der Waals surface area contributed by atoms with E-state index in [2.05, 4.69) is 5.32 Å². The van der Waals surface area contributed by atoms with E-state index in [0.29, 0.717) is 30.9 Å². The quantitative estimate of drug-likeness (QED) is 0.359. The summed E-state index contributed by atoms with van der Waals surface area (Å²) < 4.78 is 37.7. The molecule has 2 atom stereocenters. The molecule has 1 heterocycles. The molecule has 2 aromatic rings. The van der Waals surface area contributed by atoms with Crippen LogP contribution in [0.1, 0.15) is 31.7 Å². The lowest BCUT2D eigenvalue weighted by atomic mass is 9.90. The van der Waals surface area contributed by atoms with Gasteiger partial charge in [0.15, 0.2) is 15.4 Å². The van der Waals surface area contributed by atoms with Crippen LogP contribution in [0.2, 0.25) is 0 Å². The molecular weight excluding hydrogens is 494 g/mol. The highest BCUT2D eigenvalue weighted by molar-refractivity contribution is 7.91. The third-order valence-corrected chi connectivity index (χ3v) is 7.98. The predicted molar refractivity (Wildman–Crippen MR) is 143 cm³/mol. The van der Waals surface area contributed by atoms with Crippen LogP contribution in [0.25, 0.3) is 0 Å². The van der Waals surface area contributed by atoms with Crippen molar-refractivity contribution >= 4 is 21.6 Å². The normalized spacial score (nSPS) is 19.4. The van der Waals surface area contributed by atoms with E-state index in [1.165, 1.54) is 0 Å². The molecule has 0 radical (unpaired) electrons. The molecule has 1 aliphatic heterocycles. The molecule has 202 valence electrons. The fourth-order valence-electron chi connectivity index (χ4n) is 4.04. The summed E-state index contributed by atoms with van der Waals surface area (Å²) >= 11 is 0. The first kappa shape index (κ1) is 28.6. The number of aliphatic hydroxyl groups excluding tert-OH is 1. The molecule has 1 amide bonds. The van der Waals surface area contributed by atoms with Crippen LogP contribution in [0.4, 0.5) is 0 Å². The van der Waals surface area contributed by atoms with Gasteiger partial charge in [0.2, 0.25) is 5.90 Å². The van der Waals surface area contributed by atoms with Crippen molar-refractivity contribution < 1.29 is 27.8 Å². The Morgan fingerprint density at radius 3 is 2.49 bits per heavy atom. The molecule has 0 aromatic heterocycles. The first-order valence-electron chi connectivity index (χ1n) is 12.5. The van der Waals surface area contributed by atoms with Gasteiger partial charge in [0.1, 0.15) is 11.9 Å². The zero-order chi connectivity index (χ0) is 26.9. The Morgan fingerprint density at radius 2 is 1.84 bits per heavy atom. The number of nitrogens with zero attached hydrogens (tertiary/aromatic N) is 2. The van der Waals surface area contributed by atoms with Gasteiger partial charge in [-0.2, -0.15) is 0 Å². The average molecular weight is 532 g/mol. The number of sulfone groups is 1. The number of nitrogens with one attached hydrogen (secondary N) is 1. The Kier molecular flexibility index (Phi) is 10.1. The van der Waals surface area contributed by atoms with E-state index >= 15 is 0 Å². The van der Waals surface area contributed by atoms with Crippen molar-refractivity contribution in [3.63, 3.8) is 0 Å². The second-order valence-electron chi connectivity index (χ2n) is 9.35. The number of carbonyl (C=O) groups excluding carboxylic acids is 1. The lowest BCUT2D eigenvalue weighted by Crippen LogP contribution is -2.52. The molecular formula is C27H37N3O6S. The van der Waals surface area contributed by atoms with Gasteiger partial charge in [-0.15, -0.1) is 0 Å². The standard InChI is InChI=1S/C27H37N3O6S/c1-21-27(26(32)28-16-7-17-30(2)3,15-20-37(33,34)24-9-5-4-6-10-24)29-25(36-21)22-11-13-23(14-12-22)35-19-8-18-31/h4-6,9-14,21,31H,7-8,15-20H2,1-3H3,(H,28,32)/t21-,27-/m1/s1. The Balaban J connectivity index is 1.84. The van der Waals surface area contributed by atoms with Gasteiger partial charge in [0.25, 0.3) is 5.91 Å². The molecule has 9 nitrogen and oxygen atoms in total. The lowest BCUT2D eigenvalue weighted by molar-refractivity contribution is -0.128. The summed E-state index contributed by atoms with van der Waals surface area (Å²) in [6.45, 7) is 3.46. The van der Waals surface area contributed by atoms with Crippen LogP contribution in [0.3, 0.4) is 0 Å². The SMILES string of the molecule is C[C@H]1OC(c2ccc(OCCCO)cc2)=N[C@@]1(CCS(=O)(=O)c1ccccc1)C(=O)NCCCN(C)C. The first-order chi connectivity index (χ1) is 17.7. The third-order valence-electron chi connectivity index (χ3n) is 6.25. The number of ether oxygens (including phenoxy) is 2. The predicted octanol–water partition coefficient (Wildman–Crippen LogP) is 2.28. The summed E-state index contributed by atoms with van der Waals surface area (Å²) in [5, 5.41) is 11.9. The van der Waals surface area contributed by atoms with Crippen LogP contribution in [-0.2, 0) is 19.4 Å². The Labute approximate surface area is 219 Å². The maximum Gasteiger partial charge on any atom is 0.251 e. The lowest BCUT2D eigenvalue weighted by Gasteiger charge is -2.28. The number of amides is 1. The summed E-state index contributed by atoms with van der Waals surface area (Å²) in [5.74, 6) is 0.336. The van der Waals surface area contributed by atoms with Crippen molar-refractivity contribution in [1.82, 2.24) is 10.2 Å². The van der Waals surface area contributed by atoms with Crippen molar-refractivity contribution in [3.8, 4) is 5.75 Å². The highest BCUT2D eigenvalue weighted by Gasteiger charge is 2.50. The summed E-state index contributed by atoms with van der Waals surface area (Å²) in [5.41, 5.74) is -0.722. The minimum absolute atomic E-state index is 0.0171. The molecule has 0 unspecified atom stereocenters. The highest BCUT2D eigenvalue weighted by Crippen LogP contribution is 2.33. The molecule has 1 aliphatic rings. The number of rotatable bonds is 14. The number of hydrogen-bond donors (Lipinski definition) is 2. The van der Waals surface area contributed by atoms with E-state index in [9.17, 15) is 13.2 Å². The van der Waals surface area contributed by atoms with Crippen LogP contribution in [0.5, 0.6) is 5.75 Å². The number of aliphatic hydroxyl groups is 1. The number of carbonyl (C=O) groups is 1. The third kappa shape index (κ3) is 7.53. The molecule has 3 rings (SSSR count). The second-order valence-corrected chi connectivity index (χ2v) is 11.5. The Hall–Kier alpha value is -2.95. The van der Waals surface area contributed by atoms with Crippen LogP contribution in [0, 0.1) is 0 Å². The molecule has 0 aliphatic carbocycles. The monoisotopic (exact) mass is 531 g/mol. The minimum Gasteiger partial charge on any atom is -0.494 e. The van der Waals surface area contributed by atoms with E-state index in [-0.39, 0.29) is 35.5 Å². The minimum atomic E-state index is -3.62. The van der Waals surface area contributed by atoms with Gasteiger partial charge in [-0.05, 0) is 76.8 Å². The maximum absolute atomic E-state index is 13.5. The van der Waals surface area contributed by atoms with Gasteiger partial charge in [-0.25, -0.2) is 13.4 Å². The summed E-state index contributed by atoms with van der Waals surface area (Å²) in [6.07, 6.45) is 0.604. The summed E-state index contributed by atoms with van der Waals surface area (Å²) in [6, 6.07) is 15.3. The van der Waals surface area contributed by atoms with Crippen molar-refractivity contribution in [1.29, 1.82) is 0 Å². The molecule has 0 spiro atoms. The van der Waals surface area contributed by atoms with Crippen molar-refractivity contribution in [2.24, 2.45) is 4.99 Å². The Morgan fingerprint density at radius 1 is 1.14 bits per heavy atom. The van der Waals surface area contributed by atoms with Gasteiger partial charge in [0.05, 0.1) is 17.3 Å². The van der Waals surface area contributed by atoms with Crippen molar-refractivity contribution in [2.45, 2.75) is 42.7 Å². The maximum atomic E-state index is 13.5. The largest absolute Gasteiger partial charge is 0.494 e. The van der Waals surface area contributed by atoms with Crippen LogP contribution >= 0.6 is 0 Å². The number of benzene rings is 2. The second kappa shape index (κ2) is 13.0. The summed E-state index contributed by atoms with van der Waals surface area (Å²) in [7, 11) is 0.301. The topological polar surface area (TPSA) is 118 Å². The van der Waals surface area contributed by atoms with E-state index in [1.54, 1.807) is 61.5 Å². The van der Waals surface area contributed by atoms with E-state index in [0.717, 1.165) is 13.0 Å². The molecule has 0 saturated heterocycles. The Bertz CT molecular complexity index is 1150. The van der Waals surface area contributed by atoms with Crippen LogP contribution < -0.4 is 10.1 Å². The number of aliphatic imine (C=N–C) groups is 1. The molecule has 10 heteroatoms. The molecule has 2 aromatic carbocycles. The zero-order valence-corrected chi connectivity index (χ0v) is 22.5. The molecule has 0 saturated carbocycles. The van der Waals surface area contributed by atoms with Crippen LogP contribution in [0.15, 0.2) is 64.5 Å². The van der Waals surface area contributed by atoms with Gasteiger partial charge >= 0.3 is 0 Å². The van der Waals surface area contributed by atoms with Gasteiger partial charge in [-0.3, -0.25) is 4.79 Å². The number of hydrogen-bond acceptors (Lipinski definition) is 8. The van der Waals surface area contributed by atoms with Crippen molar-refractivity contribution in [3.05, 3.63) is 60.2 Å². The van der Waals surface area contributed by atoms with Crippen LogP contribution in [-0.4, -0.2) is 88.0 Å². The molecule has 37 heavy (non-hydrogen) atoms. The fraction of sp³-hybridized carbons (Fsp3) is 0.481. The van der Waals surface area contributed by atoms with E-state index in [1.807, 2.05) is 19.0 Å². The smallest absolute Gasteiger partial charge is 0.251 e. The zero-order valence-electron chi connectivity index (χ0n) is 21.7. The highest BCUT2D eigenvalue weighted by atomic mass is 32.2. The average Bonchev–Trinajstić information content (AvgIpc) is 3.23. The summed E-state index contributed by atoms with van der Waals surface area (Å²) in [4.78, 5) is 20.5. The molecule has 2 N–H and O–H groups in total. The first-order valence-corrected chi connectivity index (χ1v) is 14.1. The van der Waals surface area contributed by atoms with Crippen molar-refractivity contribution in [2.75, 3.05) is 46.2 Å². The van der Waals surface area contributed by atoms with Gasteiger partial charge < -0.3 is 24.8 Å².